The van der Waals surface area contributed by atoms with Crippen molar-refractivity contribution >= 4 is 5.69 Å². The van der Waals surface area contributed by atoms with Crippen LogP contribution >= 0.6 is 0 Å². The molecule has 1 aliphatic heterocycles. The lowest BCUT2D eigenvalue weighted by Crippen LogP contribution is -2.46. The predicted molar refractivity (Wildman–Crippen MR) is 81.6 cm³/mol. The van der Waals surface area contributed by atoms with Crippen LogP contribution in [-0.2, 0) is 20.1 Å². The SMILES string of the molecule is Cn1cc(CN2CC(C)(C)NCc3ccccc32)cn1. The van der Waals surface area contributed by atoms with Crippen LogP contribution in [0.4, 0.5) is 5.69 Å². The Morgan fingerprint density at radius 3 is 2.85 bits per heavy atom. The summed E-state index contributed by atoms with van der Waals surface area (Å²) in [6, 6.07) is 8.66. The minimum Gasteiger partial charge on any atom is -0.365 e. The first-order valence-electron chi connectivity index (χ1n) is 7.09. The van der Waals surface area contributed by atoms with Crippen LogP contribution in [0.3, 0.4) is 0 Å². The van der Waals surface area contributed by atoms with Gasteiger partial charge in [-0.3, -0.25) is 4.68 Å². The van der Waals surface area contributed by atoms with Crippen LogP contribution < -0.4 is 10.2 Å². The maximum Gasteiger partial charge on any atom is 0.0539 e. The molecule has 2 heterocycles. The Kier molecular flexibility index (Phi) is 3.26. The van der Waals surface area contributed by atoms with E-state index in [1.165, 1.54) is 16.8 Å². The van der Waals surface area contributed by atoms with E-state index in [4.69, 9.17) is 0 Å². The normalized spacial score (nSPS) is 17.6. The van der Waals surface area contributed by atoms with Crippen LogP contribution in [0, 0.1) is 0 Å². The van der Waals surface area contributed by atoms with Gasteiger partial charge in [0.25, 0.3) is 0 Å². The largest absolute Gasteiger partial charge is 0.365 e. The summed E-state index contributed by atoms with van der Waals surface area (Å²) in [5.41, 5.74) is 4.04. The van der Waals surface area contributed by atoms with Crippen molar-refractivity contribution in [3.63, 3.8) is 0 Å². The van der Waals surface area contributed by atoms with Gasteiger partial charge in [0.1, 0.15) is 0 Å². The first-order valence-corrected chi connectivity index (χ1v) is 7.09. The number of benzene rings is 1. The number of hydrogen-bond donors (Lipinski definition) is 1. The van der Waals surface area contributed by atoms with Crippen molar-refractivity contribution in [1.29, 1.82) is 0 Å². The number of fused-ring (bicyclic) bond motifs is 1. The zero-order chi connectivity index (χ0) is 14.2. The number of rotatable bonds is 2. The van der Waals surface area contributed by atoms with E-state index in [1.54, 1.807) is 0 Å². The molecule has 1 aromatic heterocycles. The van der Waals surface area contributed by atoms with E-state index < -0.39 is 0 Å². The van der Waals surface area contributed by atoms with Crippen LogP contribution in [0.5, 0.6) is 0 Å². The molecule has 0 unspecified atom stereocenters. The molecular formula is C16H22N4. The average Bonchev–Trinajstić information content (AvgIpc) is 2.75. The molecular weight excluding hydrogens is 248 g/mol. The Labute approximate surface area is 120 Å². The fourth-order valence-corrected chi connectivity index (χ4v) is 2.84. The van der Waals surface area contributed by atoms with Gasteiger partial charge < -0.3 is 10.2 Å². The van der Waals surface area contributed by atoms with Gasteiger partial charge in [-0.1, -0.05) is 18.2 Å². The zero-order valence-corrected chi connectivity index (χ0v) is 12.4. The van der Waals surface area contributed by atoms with E-state index in [1.807, 2.05) is 17.9 Å². The van der Waals surface area contributed by atoms with Crippen LogP contribution in [0.1, 0.15) is 25.0 Å². The van der Waals surface area contributed by atoms with Gasteiger partial charge >= 0.3 is 0 Å². The van der Waals surface area contributed by atoms with Crippen molar-refractivity contribution in [2.75, 3.05) is 11.4 Å². The summed E-state index contributed by atoms with van der Waals surface area (Å²) in [7, 11) is 1.96. The Bertz CT molecular complexity index is 600. The molecule has 0 atom stereocenters. The molecule has 3 rings (SSSR count). The number of nitrogens with one attached hydrogen (secondary N) is 1. The fourth-order valence-electron chi connectivity index (χ4n) is 2.84. The molecule has 0 saturated heterocycles. The van der Waals surface area contributed by atoms with Gasteiger partial charge in [-0.2, -0.15) is 5.10 Å². The van der Waals surface area contributed by atoms with Gasteiger partial charge in [0.15, 0.2) is 0 Å². The molecule has 0 aliphatic carbocycles. The summed E-state index contributed by atoms with van der Waals surface area (Å²) in [4.78, 5) is 2.45. The smallest absolute Gasteiger partial charge is 0.0539 e. The molecule has 0 spiro atoms. The standard InChI is InChI=1S/C16H22N4/c1-16(2)12-20(11-13-8-18-19(3)10-13)15-7-5-4-6-14(15)9-17-16/h4-8,10,17H,9,11-12H2,1-3H3. The molecule has 1 aliphatic rings. The second-order valence-corrected chi connectivity index (χ2v) is 6.24. The van der Waals surface area contributed by atoms with Crippen molar-refractivity contribution in [2.45, 2.75) is 32.5 Å². The quantitative estimate of drug-likeness (QED) is 0.909. The van der Waals surface area contributed by atoms with E-state index in [9.17, 15) is 0 Å². The minimum atomic E-state index is 0.0984. The average molecular weight is 270 g/mol. The van der Waals surface area contributed by atoms with E-state index in [2.05, 4.69) is 59.6 Å². The Morgan fingerprint density at radius 1 is 1.30 bits per heavy atom. The van der Waals surface area contributed by atoms with Crippen LogP contribution in [0.25, 0.3) is 0 Å². The molecule has 4 heteroatoms. The fraction of sp³-hybridized carbons (Fsp3) is 0.438. The van der Waals surface area contributed by atoms with Gasteiger partial charge in [0.05, 0.1) is 6.20 Å². The lowest BCUT2D eigenvalue weighted by atomic mass is 10.1. The van der Waals surface area contributed by atoms with Gasteiger partial charge in [-0.15, -0.1) is 0 Å². The van der Waals surface area contributed by atoms with E-state index in [-0.39, 0.29) is 5.54 Å². The molecule has 1 aromatic carbocycles. The maximum absolute atomic E-state index is 4.27. The summed E-state index contributed by atoms with van der Waals surface area (Å²) in [5, 5.41) is 7.91. The van der Waals surface area contributed by atoms with Crippen molar-refractivity contribution in [3.8, 4) is 0 Å². The van der Waals surface area contributed by atoms with Crippen molar-refractivity contribution in [3.05, 3.63) is 47.8 Å². The highest BCUT2D eigenvalue weighted by Crippen LogP contribution is 2.27. The lowest BCUT2D eigenvalue weighted by Gasteiger charge is -2.31. The minimum absolute atomic E-state index is 0.0984. The summed E-state index contributed by atoms with van der Waals surface area (Å²) in [6.07, 6.45) is 4.04. The number of aromatic nitrogens is 2. The molecule has 106 valence electrons. The number of anilines is 1. The summed E-state index contributed by atoms with van der Waals surface area (Å²) < 4.78 is 1.86. The Morgan fingerprint density at radius 2 is 2.10 bits per heavy atom. The van der Waals surface area contributed by atoms with Crippen molar-refractivity contribution < 1.29 is 0 Å². The molecule has 1 N–H and O–H groups in total. The Hall–Kier alpha value is -1.81. The number of nitrogens with zero attached hydrogens (tertiary/aromatic N) is 3. The molecule has 2 aromatic rings. The van der Waals surface area contributed by atoms with Gasteiger partial charge in [-0.05, 0) is 25.5 Å². The molecule has 0 saturated carbocycles. The molecule has 0 fully saturated rings. The topological polar surface area (TPSA) is 33.1 Å². The predicted octanol–water partition coefficient (Wildman–Crippen LogP) is 2.31. The molecule has 0 amide bonds. The van der Waals surface area contributed by atoms with Crippen LogP contribution in [0.15, 0.2) is 36.7 Å². The third kappa shape index (κ3) is 2.70. The Balaban J connectivity index is 1.93. The summed E-state index contributed by atoms with van der Waals surface area (Å²) in [5.74, 6) is 0. The second kappa shape index (κ2) is 4.94. The highest BCUT2D eigenvalue weighted by molar-refractivity contribution is 5.55. The van der Waals surface area contributed by atoms with Crippen molar-refractivity contribution in [2.24, 2.45) is 7.05 Å². The van der Waals surface area contributed by atoms with Gasteiger partial charge in [0.2, 0.25) is 0 Å². The van der Waals surface area contributed by atoms with Crippen LogP contribution in [0.2, 0.25) is 0 Å². The highest BCUT2D eigenvalue weighted by atomic mass is 15.2. The lowest BCUT2D eigenvalue weighted by molar-refractivity contribution is 0.395. The van der Waals surface area contributed by atoms with Crippen LogP contribution in [-0.4, -0.2) is 21.9 Å². The van der Waals surface area contributed by atoms with Crippen molar-refractivity contribution in [1.82, 2.24) is 15.1 Å². The van der Waals surface area contributed by atoms with E-state index >= 15 is 0 Å². The summed E-state index contributed by atoms with van der Waals surface area (Å²) in [6.45, 7) is 7.33. The zero-order valence-electron chi connectivity index (χ0n) is 12.4. The summed E-state index contributed by atoms with van der Waals surface area (Å²) >= 11 is 0. The molecule has 0 bridgehead atoms. The third-order valence-corrected chi connectivity index (χ3v) is 3.81. The number of para-hydroxylation sites is 1. The third-order valence-electron chi connectivity index (χ3n) is 3.81. The highest BCUT2D eigenvalue weighted by Gasteiger charge is 2.26. The van der Waals surface area contributed by atoms with E-state index in [0.717, 1.165) is 19.6 Å². The molecule has 0 radical (unpaired) electrons. The first kappa shape index (κ1) is 13.2. The maximum atomic E-state index is 4.27. The monoisotopic (exact) mass is 270 g/mol. The first-order chi connectivity index (χ1) is 9.53. The van der Waals surface area contributed by atoms with Gasteiger partial charge in [0, 0.05) is 49.7 Å². The number of hydrogen-bond acceptors (Lipinski definition) is 3. The number of aryl methyl sites for hydroxylation is 1. The molecule has 4 nitrogen and oxygen atoms in total. The second-order valence-electron chi connectivity index (χ2n) is 6.24. The van der Waals surface area contributed by atoms with E-state index in [0.29, 0.717) is 0 Å². The molecule has 20 heavy (non-hydrogen) atoms. The van der Waals surface area contributed by atoms with Gasteiger partial charge in [-0.25, -0.2) is 0 Å².